The van der Waals surface area contributed by atoms with E-state index < -0.39 is 6.04 Å². The second-order valence-corrected chi connectivity index (χ2v) is 5.86. The van der Waals surface area contributed by atoms with Crippen LogP contribution in [0.2, 0.25) is 0 Å². The Morgan fingerprint density at radius 3 is 2.35 bits per heavy atom. The highest BCUT2D eigenvalue weighted by Gasteiger charge is 2.56. The van der Waals surface area contributed by atoms with Crippen molar-refractivity contribution in [2.75, 3.05) is 7.11 Å². The number of esters is 1. The summed E-state index contributed by atoms with van der Waals surface area (Å²) in [5.41, 5.74) is 6.18. The summed E-state index contributed by atoms with van der Waals surface area (Å²) >= 11 is 0. The summed E-state index contributed by atoms with van der Waals surface area (Å²) < 4.78 is 4.81. The van der Waals surface area contributed by atoms with Crippen LogP contribution in [0.1, 0.15) is 51.9 Å². The molecule has 0 spiro atoms. The highest BCUT2D eigenvalue weighted by Crippen LogP contribution is 2.58. The van der Waals surface area contributed by atoms with Crippen LogP contribution in [-0.2, 0) is 9.53 Å². The molecular formula is C14H25NO2. The molecule has 0 bridgehead atoms. The summed E-state index contributed by atoms with van der Waals surface area (Å²) in [6.07, 6.45) is 8.66. The van der Waals surface area contributed by atoms with Crippen LogP contribution in [0.25, 0.3) is 0 Å². The lowest BCUT2D eigenvalue weighted by Crippen LogP contribution is -2.44. The molecular weight excluding hydrogens is 214 g/mol. The SMILES string of the molecule is CCC1CCC(C2(C(N)C(=O)OC)CC2)CC1. The van der Waals surface area contributed by atoms with Crippen molar-refractivity contribution in [3.05, 3.63) is 0 Å². The summed E-state index contributed by atoms with van der Waals surface area (Å²) in [6, 6.07) is -0.393. The number of carbonyl (C=O) groups excluding carboxylic acids is 1. The Bertz CT molecular complexity index is 278. The van der Waals surface area contributed by atoms with E-state index in [-0.39, 0.29) is 11.4 Å². The fourth-order valence-electron chi connectivity index (χ4n) is 3.62. The van der Waals surface area contributed by atoms with Crippen molar-refractivity contribution in [3.63, 3.8) is 0 Å². The lowest BCUT2D eigenvalue weighted by atomic mass is 9.71. The molecule has 0 aromatic rings. The van der Waals surface area contributed by atoms with Gasteiger partial charge in [-0.2, -0.15) is 0 Å². The molecule has 0 heterocycles. The molecule has 1 atom stereocenters. The summed E-state index contributed by atoms with van der Waals surface area (Å²) in [5, 5.41) is 0. The van der Waals surface area contributed by atoms with E-state index in [9.17, 15) is 4.79 Å². The van der Waals surface area contributed by atoms with Crippen molar-refractivity contribution in [1.82, 2.24) is 0 Å². The maximum atomic E-state index is 11.6. The van der Waals surface area contributed by atoms with E-state index in [0.29, 0.717) is 5.92 Å². The van der Waals surface area contributed by atoms with Gasteiger partial charge in [-0.1, -0.05) is 26.2 Å². The minimum Gasteiger partial charge on any atom is -0.468 e. The summed E-state index contributed by atoms with van der Waals surface area (Å²) in [4.78, 5) is 11.6. The Balaban J connectivity index is 1.96. The van der Waals surface area contributed by atoms with Crippen LogP contribution in [0, 0.1) is 17.3 Å². The molecule has 1 unspecified atom stereocenters. The molecule has 0 saturated heterocycles. The van der Waals surface area contributed by atoms with Crippen molar-refractivity contribution in [3.8, 4) is 0 Å². The van der Waals surface area contributed by atoms with Gasteiger partial charge in [0.15, 0.2) is 0 Å². The normalized spacial score (nSPS) is 32.9. The quantitative estimate of drug-likeness (QED) is 0.767. The van der Waals surface area contributed by atoms with Crippen LogP contribution >= 0.6 is 0 Å². The second kappa shape index (κ2) is 4.97. The molecule has 0 aromatic carbocycles. The molecule has 2 N–H and O–H groups in total. The Hall–Kier alpha value is -0.570. The van der Waals surface area contributed by atoms with Crippen molar-refractivity contribution in [2.24, 2.45) is 23.0 Å². The van der Waals surface area contributed by atoms with Crippen LogP contribution in [0.15, 0.2) is 0 Å². The number of nitrogens with two attached hydrogens (primary N) is 1. The van der Waals surface area contributed by atoms with Gasteiger partial charge in [-0.25, -0.2) is 0 Å². The number of ether oxygens (including phenoxy) is 1. The minimum atomic E-state index is -0.393. The molecule has 2 aliphatic rings. The molecule has 17 heavy (non-hydrogen) atoms. The summed E-state index contributed by atoms with van der Waals surface area (Å²) in [7, 11) is 1.44. The second-order valence-electron chi connectivity index (χ2n) is 5.86. The smallest absolute Gasteiger partial charge is 0.323 e. The molecule has 3 nitrogen and oxygen atoms in total. The Kier molecular flexibility index (Phi) is 3.76. The minimum absolute atomic E-state index is 0.0891. The zero-order chi connectivity index (χ0) is 12.5. The highest BCUT2D eigenvalue weighted by molar-refractivity contribution is 5.77. The maximum absolute atomic E-state index is 11.6. The van der Waals surface area contributed by atoms with Crippen molar-refractivity contribution >= 4 is 5.97 Å². The predicted molar refractivity (Wildman–Crippen MR) is 67.4 cm³/mol. The molecule has 98 valence electrons. The average Bonchev–Trinajstić information content (AvgIpc) is 3.18. The van der Waals surface area contributed by atoms with Crippen LogP contribution in [-0.4, -0.2) is 19.1 Å². The zero-order valence-corrected chi connectivity index (χ0v) is 11.1. The predicted octanol–water partition coefficient (Wildman–Crippen LogP) is 2.48. The van der Waals surface area contributed by atoms with Crippen LogP contribution in [0.3, 0.4) is 0 Å². The molecule has 2 aliphatic carbocycles. The van der Waals surface area contributed by atoms with Crippen molar-refractivity contribution < 1.29 is 9.53 Å². The van der Waals surface area contributed by atoms with Gasteiger partial charge in [0.05, 0.1) is 7.11 Å². The van der Waals surface area contributed by atoms with Crippen molar-refractivity contribution in [1.29, 1.82) is 0 Å². The molecule has 2 saturated carbocycles. The Labute approximate surface area is 104 Å². The van der Waals surface area contributed by atoms with Crippen LogP contribution in [0.4, 0.5) is 0 Å². The average molecular weight is 239 g/mol. The van der Waals surface area contributed by atoms with Gasteiger partial charge in [0.25, 0.3) is 0 Å². The lowest BCUT2D eigenvalue weighted by Gasteiger charge is -2.36. The first-order chi connectivity index (χ1) is 8.14. The third-order valence-electron chi connectivity index (χ3n) is 5.14. The number of rotatable bonds is 4. The van der Waals surface area contributed by atoms with E-state index in [0.717, 1.165) is 18.8 Å². The van der Waals surface area contributed by atoms with Gasteiger partial charge in [0.2, 0.25) is 0 Å². The first-order valence-corrected chi connectivity index (χ1v) is 6.97. The number of carbonyl (C=O) groups is 1. The van der Waals surface area contributed by atoms with Gasteiger partial charge in [-0.15, -0.1) is 0 Å². The Morgan fingerprint density at radius 2 is 1.94 bits per heavy atom. The Morgan fingerprint density at radius 1 is 1.35 bits per heavy atom. The molecule has 0 aliphatic heterocycles. The fourth-order valence-corrected chi connectivity index (χ4v) is 3.62. The van der Waals surface area contributed by atoms with Gasteiger partial charge in [-0.05, 0) is 42.9 Å². The largest absolute Gasteiger partial charge is 0.468 e. The van der Waals surface area contributed by atoms with Crippen LogP contribution in [0.5, 0.6) is 0 Å². The van der Waals surface area contributed by atoms with Gasteiger partial charge in [0, 0.05) is 0 Å². The third kappa shape index (κ3) is 2.35. The van der Waals surface area contributed by atoms with Gasteiger partial charge in [0.1, 0.15) is 6.04 Å². The number of hydrogen-bond donors (Lipinski definition) is 1. The summed E-state index contributed by atoms with van der Waals surface area (Å²) in [5.74, 6) is 1.33. The third-order valence-corrected chi connectivity index (χ3v) is 5.14. The maximum Gasteiger partial charge on any atom is 0.323 e. The first kappa shape index (κ1) is 12.9. The molecule has 2 fully saturated rings. The van der Waals surface area contributed by atoms with E-state index in [1.165, 1.54) is 39.2 Å². The van der Waals surface area contributed by atoms with E-state index in [2.05, 4.69) is 6.92 Å². The lowest BCUT2D eigenvalue weighted by molar-refractivity contribution is -0.144. The van der Waals surface area contributed by atoms with Gasteiger partial charge < -0.3 is 10.5 Å². The topological polar surface area (TPSA) is 52.3 Å². The van der Waals surface area contributed by atoms with E-state index in [4.69, 9.17) is 10.5 Å². The number of methoxy groups -OCH3 is 1. The number of hydrogen-bond acceptors (Lipinski definition) is 3. The summed E-state index contributed by atoms with van der Waals surface area (Å²) in [6.45, 7) is 2.28. The van der Waals surface area contributed by atoms with E-state index in [1.54, 1.807) is 0 Å². The molecule has 0 aromatic heterocycles. The van der Waals surface area contributed by atoms with E-state index >= 15 is 0 Å². The van der Waals surface area contributed by atoms with E-state index in [1.807, 2.05) is 0 Å². The fraction of sp³-hybridized carbons (Fsp3) is 0.929. The van der Waals surface area contributed by atoms with Crippen molar-refractivity contribution in [2.45, 2.75) is 57.9 Å². The molecule has 2 rings (SSSR count). The zero-order valence-electron chi connectivity index (χ0n) is 11.1. The van der Waals surface area contributed by atoms with Gasteiger partial charge in [-0.3, -0.25) is 4.79 Å². The first-order valence-electron chi connectivity index (χ1n) is 6.97. The highest BCUT2D eigenvalue weighted by atomic mass is 16.5. The molecule has 3 heteroatoms. The molecule has 0 amide bonds. The van der Waals surface area contributed by atoms with Crippen LogP contribution < -0.4 is 5.73 Å². The standard InChI is InChI=1S/C14H25NO2/c1-3-10-4-6-11(7-5-10)14(8-9-14)12(15)13(16)17-2/h10-12H,3-9,15H2,1-2H3. The molecule has 0 radical (unpaired) electrons. The monoisotopic (exact) mass is 239 g/mol. The van der Waals surface area contributed by atoms with Gasteiger partial charge >= 0.3 is 5.97 Å².